The number of aromatic nitrogens is 5. The molecule has 7 heteroatoms. The first kappa shape index (κ1) is 35.7. The van der Waals surface area contributed by atoms with Crippen LogP contribution in [0.25, 0.3) is 99.8 Å². The molecule has 71 heavy (non-hydrogen) atoms. The van der Waals surface area contributed by atoms with Gasteiger partial charge in [-0.2, -0.15) is 18.2 Å². The molecule has 0 atom stereocenters. The molecular formula is C64H45N5OPt-2. The molecule has 0 aliphatic rings. The number of imidazole rings is 1. The Bertz CT molecular complexity index is 4460. The monoisotopic (exact) mass is 1100 g/mol. The van der Waals surface area contributed by atoms with Crippen molar-refractivity contribution in [3.05, 3.63) is 242 Å². The number of rotatable bonds is 10. The first-order valence-corrected chi connectivity index (χ1v) is 23.2. The van der Waals surface area contributed by atoms with Crippen LogP contribution in [0.1, 0.15) is 30.4 Å². The van der Waals surface area contributed by atoms with Crippen LogP contribution in [-0.4, -0.2) is 18.7 Å². The first-order chi connectivity index (χ1) is 37.9. The smallest absolute Gasteiger partial charge is 0.268 e. The molecular weight excluding hydrogens is 1050 g/mol. The first-order valence-electron chi connectivity index (χ1n) is 27.2. The molecule has 0 aliphatic heterocycles. The average Bonchev–Trinajstić information content (AvgIpc) is 3.63. The van der Waals surface area contributed by atoms with Gasteiger partial charge in [-0.1, -0.05) is 159 Å². The van der Waals surface area contributed by atoms with Crippen molar-refractivity contribution in [3.8, 4) is 56.6 Å². The van der Waals surface area contributed by atoms with Gasteiger partial charge in [0.2, 0.25) is 0 Å². The van der Waals surface area contributed by atoms with Crippen LogP contribution in [0.3, 0.4) is 0 Å². The number of fused-ring (bicyclic) bond motifs is 7. The third kappa shape index (κ3) is 7.72. The van der Waals surface area contributed by atoms with Gasteiger partial charge in [-0.05, 0) is 93.6 Å². The van der Waals surface area contributed by atoms with Crippen LogP contribution < -0.4 is 9.30 Å². The summed E-state index contributed by atoms with van der Waals surface area (Å²) in [5.41, 5.74) is 10.9. The molecule has 0 bridgehead atoms. The van der Waals surface area contributed by atoms with E-state index in [0.717, 1.165) is 67.2 Å². The minimum atomic E-state index is -0.495. The molecule has 0 saturated carbocycles. The molecule has 0 spiro atoms. The van der Waals surface area contributed by atoms with Crippen LogP contribution in [0.15, 0.2) is 218 Å². The molecule has 9 aromatic carbocycles. The number of hydrogen-bond donors (Lipinski definition) is 0. The SMILES string of the molecule is [2H]c1c([2H])c([2H])c2c(c1[2H])c1c([2H])c([2H])c([2H])c([2H])c1n2-c1ccc2c(c1)c1ccc(Oc3[c-]c(-n4[c-][n+](-c5c(-c6ccccc6)cccc5-c5ccccc5)c5ccccc54)ccc3)[c-]c1n2-c1cc(CC(C)C)ccn1.[Pt]. The van der Waals surface area contributed by atoms with Crippen LogP contribution in [0.2, 0.25) is 0 Å². The molecule has 344 valence electrons. The summed E-state index contributed by atoms with van der Waals surface area (Å²) in [7, 11) is 0. The predicted octanol–water partition coefficient (Wildman–Crippen LogP) is 15.2. The molecule has 0 fully saturated rings. The van der Waals surface area contributed by atoms with Crippen molar-refractivity contribution >= 4 is 54.6 Å². The summed E-state index contributed by atoms with van der Waals surface area (Å²) >= 11 is 0. The minimum absolute atomic E-state index is 0. The second kappa shape index (κ2) is 18.2. The normalized spacial score (nSPS) is 13.2. The summed E-state index contributed by atoms with van der Waals surface area (Å²) in [6, 6.07) is 58.3. The van der Waals surface area contributed by atoms with Crippen LogP contribution in [-0.2, 0) is 27.5 Å². The van der Waals surface area contributed by atoms with Gasteiger partial charge >= 0.3 is 0 Å². The standard InChI is InChI=1S/C64H45N5O.Pt/c1-43(2)37-44-35-36-65-63(38-44)69-59-34-31-48(68-57-27-11-9-23-53(57)54-24-10-12-28-58(54)68)40-56(59)55-33-32-50(41-62(55)69)70-49-22-15-21-47(39-49)66-42-67(61-30-14-13-29-60(61)66)64-51(45-17-5-3-6-18-45)25-16-26-52(64)46-19-7-4-8-20-46;/h3-36,38,40,43H,37H2,1-2H3;/q-2;/i9D,10D,11D,12D,23D,24D,27D,28D;. The molecule has 0 N–H and O–H groups in total. The maximum absolute atomic E-state index is 9.13. The average molecular weight is 1100 g/mol. The van der Waals surface area contributed by atoms with Crippen molar-refractivity contribution in [1.82, 2.24) is 18.7 Å². The number of hydrogen-bond acceptors (Lipinski definition) is 2. The van der Waals surface area contributed by atoms with E-state index < -0.39 is 24.2 Å². The molecule has 13 rings (SSSR count). The second-order valence-corrected chi connectivity index (χ2v) is 17.7. The summed E-state index contributed by atoms with van der Waals surface area (Å²) in [5, 5.41) is 1.53. The molecule has 0 unspecified atom stereocenters. The zero-order valence-electron chi connectivity index (χ0n) is 46.4. The Kier molecular flexibility index (Phi) is 9.17. The van der Waals surface area contributed by atoms with E-state index >= 15 is 0 Å². The van der Waals surface area contributed by atoms with Gasteiger partial charge in [-0.25, -0.2) is 4.98 Å². The van der Waals surface area contributed by atoms with E-state index in [9.17, 15) is 0 Å². The predicted molar refractivity (Wildman–Crippen MR) is 284 cm³/mol. The Morgan fingerprint density at radius 1 is 0.577 bits per heavy atom. The van der Waals surface area contributed by atoms with Crippen LogP contribution in [0, 0.1) is 24.4 Å². The fraction of sp³-hybridized carbons (Fsp3) is 0.0625. The maximum atomic E-state index is 9.13. The third-order valence-corrected chi connectivity index (χ3v) is 12.8. The van der Waals surface area contributed by atoms with Crippen LogP contribution in [0.5, 0.6) is 11.5 Å². The number of para-hydroxylation sites is 5. The summed E-state index contributed by atoms with van der Waals surface area (Å²) in [6.45, 7) is 4.34. The second-order valence-electron chi connectivity index (χ2n) is 17.7. The zero-order chi connectivity index (χ0) is 53.7. The van der Waals surface area contributed by atoms with Crippen molar-refractivity contribution in [2.45, 2.75) is 20.3 Å². The molecule has 13 aromatic rings. The Labute approximate surface area is 437 Å². The van der Waals surface area contributed by atoms with Gasteiger partial charge in [0, 0.05) is 60.7 Å². The largest absolute Gasteiger partial charge is 0.510 e. The molecule has 6 nitrogen and oxygen atoms in total. The van der Waals surface area contributed by atoms with Crippen molar-refractivity contribution in [3.63, 3.8) is 0 Å². The van der Waals surface area contributed by atoms with E-state index in [4.69, 9.17) is 20.7 Å². The van der Waals surface area contributed by atoms with Crippen molar-refractivity contribution in [2.24, 2.45) is 5.92 Å². The van der Waals surface area contributed by atoms with E-state index in [0.29, 0.717) is 40.1 Å². The molecule has 0 amide bonds. The van der Waals surface area contributed by atoms with Gasteiger partial charge < -0.3 is 18.4 Å². The molecule has 4 aromatic heterocycles. The van der Waals surface area contributed by atoms with E-state index in [-0.39, 0.29) is 67.0 Å². The van der Waals surface area contributed by atoms with E-state index in [2.05, 4.69) is 122 Å². The fourth-order valence-electron chi connectivity index (χ4n) is 9.84. The number of benzene rings is 9. The van der Waals surface area contributed by atoms with Crippen molar-refractivity contribution in [1.29, 1.82) is 0 Å². The van der Waals surface area contributed by atoms with Gasteiger partial charge in [0.1, 0.15) is 5.82 Å². The van der Waals surface area contributed by atoms with Crippen molar-refractivity contribution in [2.75, 3.05) is 0 Å². The summed E-state index contributed by atoms with van der Waals surface area (Å²) in [6.07, 6.45) is 6.35. The minimum Gasteiger partial charge on any atom is -0.510 e. The van der Waals surface area contributed by atoms with E-state index in [1.807, 2.05) is 81.9 Å². The van der Waals surface area contributed by atoms with Gasteiger partial charge in [-0.3, -0.25) is 4.57 Å². The Morgan fingerprint density at radius 3 is 1.96 bits per heavy atom. The molecule has 4 heterocycles. The van der Waals surface area contributed by atoms with Crippen molar-refractivity contribution < 1.29 is 41.3 Å². The summed E-state index contributed by atoms with van der Waals surface area (Å²) < 4.78 is 85.1. The Hall–Kier alpha value is -8.31. The fourth-order valence-corrected chi connectivity index (χ4v) is 9.84. The van der Waals surface area contributed by atoms with Gasteiger partial charge in [0.05, 0.1) is 38.7 Å². The van der Waals surface area contributed by atoms with Gasteiger partial charge in [-0.15, -0.1) is 29.7 Å². The van der Waals surface area contributed by atoms with Crippen LogP contribution >= 0.6 is 0 Å². The van der Waals surface area contributed by atoms with Gasteiger partial charge in [0.15, 0.2) is 0 Å². The quantitative estimate of drug-likeness (QED) is 0.101. The zero-order valence-corrected chi connectivity index (χ0v) is 40.7. The van der Waals surface area contributed by atoms with Gasteiger partial charge in [0.25, 0.3) is 6.33 Å². The topological polar surface area (TPSA) is 40.8 Å². The summed E-state index contributed by atoms with van der Waals surface area (Å²) in [5.74, 6) is 1.89. The third-order valence-electron chi connectivity index (χ3n) is 12.8. The Balaban J connectivity index is 0.00000623. The maximum Gasteiger partial charge on any atom is 0.268 e. The number of ether oxygens (including phenoxy) is 1. The number of pyridine rings is 1. The van der Waals surface area contributed by atoms with E-state index in [1.54, 1.807) is 12.3 Å². The van der Waals surface area contributed by atoms with E-state index in [1.165, 1.54) is 4.57 Å². The molecule has 0 radical (unpaired) electrons. The summed E-state index contributed by atoms with van der Waals surface area (Å²) in [4.78, 5) is 4.89. The Morgan fingerprint density at radius 2 is 1.24 bits per heavy atom. The number of nitrogens with zero attached hydrogens (tertiary/aromatic N) is 5. The van der Waals surface area contributed by atoms with Crippen LogP contribution in [0.4, 0.5) is 0 Å². The molecule has 0 aliphatic carbocycles. The molecule has 0 saturated heterocycles.